The third-order valence-electron chi connectivity index (χ3n) is 2.25. The van der Waals surface area contributed by atoms with Crippen molar-refractivity contribution in [3.05, 3.63) is 34.9 Å². The fourth-order valence-corrected chi connectivity index (χ4v) is 2.29. The molecular formula is C12H14N2OS. The SMILES string of the molecule is COCCCc1nc(-c2cccnc2)cs1. The van der Waals surface area contributed by atoms with Crippen LogP contribution in [-0.2, 0) is 11.2 Å². The molecule has 0 aromatic carbocycles. The Bertz CT molecular complexity index is 428. The van der Waals surface area contributed by atoms with E-state index in [9.17, 15) is 0 Å². The molecule has 2 aromatic heterocycles. The van der Waals surface area contributed by atoms with Gasteiger partial charge in [0, 0.05) is 43.5 Å². The Morgan fingerprint density at radius 3 is 3.12 bits per heavy atom. The van der Waals surface area contributed by atoms with Gasteiger partial charge in [0.05, 0.1) is 10.7 Å². The second-order valence-electron chi connectivity index (χ2n) is 3.46. The molecule has 4 heteroatoms. The zero-order valence-electron chi connectivity index (χ0n) is 9.22. The standard InChI is InChI=1S/C12H14N2OS/c1-15-7-3-5-12-14-11(9-16-12)10-4-2-6-13-8-10/h2,4,6,8-9H,3,5,7H2,1H3. The van der Waals surface area contributed by atoms with Crippen LogP contribution in [0, 0.1) is 0 Å². The summed E-state index contributed by atoms with van der Waals surface area (Å²) >= 11 is 1.70. The highest BCUT2D eigenvalue weighted by molar-refractivity contribution is 7.09. The van der Waals surface area contributed by atoms with E-state index in [0.29, 0.717) is 0 Å². The fourth-order valence-electron chi connectivity index (χ4n) is 1.44. The summed E-state index contributed by atoms with van der Waals surface area (Å²) in [6.07, 6.45) is 5.62. The Hall–Kier alpha value is -1.26. The van der Waals surface area contributed by atoms with Gasteiger partial charge in [0.1, 0.15) is 0 Å². The molecule has 84 valence electrons. The summed E-state index contributed by atoms with van der Waals surface area (Å²) in [6.45, 7) is 0.793. The normalized spacial score (nSPS) is 10.6. The Morgan fingerprint density at radius 2 is 2.38 bits per heavy atom. The van der Waals surface area contributed by atoms with Gasteiger partial charge in [0.15, 0.2) is 0 Å². The molecule has 2 rings (SSSR count). The number of thiazole rings is 1. The zero-order chi connectivity index (χ0) is 11.2. The van der Waals surface area contributed by atoms with E-state index >= 15 is 0 Å². The van der Waals surface area contributed by atoms with Gasteiger partial charge < -0.3 is 4.74 Å². The van der Waals surface area contributed by atoms with Crippen LogP contribution in [0.4, 0.5) is 0 Å². The highest BCUT2D eigenvalue weighted by Crippen LogP contribution is 2.21. The number of hydrogen-bond donors (Lipinski definition) is 0. The second-order valence-corrected chi connectivity index (χ2v) is 4.41. The minimum atomic E-state index is 0.793. The third kappa shape index (κ3) is 2.87. The molecule has 0 aliphatic carbocycles. The molecule has 0 fully saturated rings. The summed E-state index contributed by atoms with van der Waals surface area (Å²) in [5, 5.41) is 3.25. The molecule has 0 spiro atoms. The molecule has 0 radical (unpaired) electrons. The van der Waals surface area contributed by atoms with Gasteiger partial charge in [-0.1, -0.05) is 0 Å². The summed E-state index contributed by atoms with van der Waals surface area (Å²) in [5.41, 5.74) is 2.10. The van der Waals surface area contributed by atoms with Crippen molar-refractivity contribution in [3.63, 3.8) is 0 Å². The van der Waals surface area contributed by atoms with Crippen LogP contribution in [0.5, 0.6) is 0 Å². The fraction of sp³-hybridized carbons (Fsp3) is 0.333. The largest absolute Gasteiger partial charge is 0.385 e. The van der Waals surface area contributed by atoms with E-state index in [2.05, 4.69) is 15.3 Å². The molecule has 2 aromatic rings. The molecule has 0 saturated heterocycles. The van der Waals surface area contributed by atoms with Crippen LogP contribution in [0.3, 0.4) is 0 Å². The van der Waals surface area contributed by atoms with Crippen molar-refractivity contribution in [2.24, 2.45) is 0 Å². The predicted octanol–water partition coefficient (Wildman–Crippen LogP) is 2.78. The smallest absolute Gasteiger partial charge is 0.0933 e. The highest BCUT2D eigenvalue weighted by Gasteiger charge is 2.03. The number of ether oxygens (including phenoxy) is 1. The molecule has 0 atom stereocenters. The molecule has 0 saturated carbocycles. The minimum Gasteiger partial charge on any atom is -0.385 e. The van der Waals surface area contributed by atoms with E-state index in [0.717, 1.165) is 35.7 Å². The monoisotopic (exact) mass is 234 g/mol. The lowest BCUT2D eigenvalue weighted by Gasteiger charge is -1.96. The van der Waals surface area contributed by atoms with Crippen LogP contribution in [0.1, 0.15) is 11.4 Å². The van der Waals surface area contributed by atoms with E-state index in [1.165, 1.54) is 0 Å². The van der Waals surface area contributed by atoms with Crippen LogP contribution in [0.2, 0.25) is 0 Å². The molecule has 0 aliphatic rings. The van der Waals surface area contributed by atoms with Gasteiger partial charge in [0.2, 0.25) is 0 Å². The van der Waals surface area contributed by atoms with Crippen molar-refractivity contribution >= 4 is 11.3 Å². The maximum atomic E-state index is 5.02. The number of nitrogens with zero attached hydrogens (tertiary/aromatic N) is 2. The Balaban J connectivity index is 2.02. The number of rotatable bonds is 5. The Kier molecular flexibility index (Phi) is 4.02. The molecule has 0 bridgehead atoms. The van der Waals surface area contributed by atoms with Crippen molar-refractivity contribution in [2.45, 2.75) is 12.8 Å². The quantitative estimate of drug-likeness (QED) is 0.746. The number of aryl methyl sites for hydroxylation is 1. The van der Waals surface area contributed by atoms with Crippen LogP contribution in [0.15, 0.2) is 29.9 Å². The molecular weight excluding hydrogens is 220 g/mol. The molecule has 0 unspecified atom stereocenters. The predicted molar refractivity (Wildman–Crippen MR) is 65.5 cm³/mol. The summed E-state index contributed by atoms with van der Waals surface area (Å²) in [5.74, 6) is 0. The first-order chi connectivity index (χ1) is 7.90. The van der Waals surface area contributed by atoms with Gasteiger partial charge in [0.25, 0.3) is 0 Å². The number of pyridine rings is 1. The van der Waals surface area contributed by atoms with Crippen LogP contribution < -0.4 is 0 Å². The van der Waals surface area contributed by atoms with E-state index < -0.39 is 0 Å². The first kappa shape index (κ1) is 11.2. The lowest BCUT2D eigenvalue weighted by molar-refractivity contribution is 0.195. The summed E-state index contributed by atoms with van der Waals surface area (Å²) in [4.78, 5) is 8.67. The van der Waals surface area contributed by atoms with E-state index in [1.807, 2.05) is 18.3 Å². The van der Waals surface area contributed by atoms with Gasteiger partial charge in [-0.05, 0) is 18.6 Å². The number of methoxy groups -OCH3 is 1. The van der Waals surface area contributed by atoms with Crippen molar-refractivity contribution in [3.8, 4) is 11.3 Å². The Morgan fingerprint density at radius 1 is 1.44 bits per heavy atom. The zero-order valence-corrected chi connectivity index (χ0v) is 10.0. The topological polar surface area (TPSA) is 35.0 Å². The average Bonchev–Trinajstić information content (AvgIpc) is 2.79. The van der Waals surface area contributed by atoms with E-state index in [4.69, 9.17) is 4.74 Å². The number of hydrogen-bond acceptors (Lipinski definition) is 4. The van der Waals surface area contributed by atoms with Crippen molar-refractivity contribution in [1.82, 2.24) is 9.97 Å². The van der Waals surface area contributed by atoms with Crippen molar-refractivity contribution in [2.75, 3.05) is 13.7 Å². The van der Waals surface area contributed by atoms with Crippen LogP contribution >= 0.6 is 11.3 Å². The first-order valence-electron chi connectivity index (χ1n) is 5.24. The van der Waals surface area contributed by atoms with Gasteiger partial charge in [-0.15, -0.1) is 11.3 Å². The van der Waals surface area contributed by atoms with E-state index in [1.54, 1.807) is 24.6 Å². The molecule has 2 heterocycles. The molecule has 0 N–H and O–H groups in total. The van der Waals surface area contributed by atoms with E-state index in [-0.39, 0.29) is 0 Å². The van der Waals surface area contributed by atoms with Gasteiger partial charge in [-0.25, -0.2) is 4.98 Å². The minimum absolute atomic E-state index is 0.793. The van der Waals surface area contributed by atoms with Gasteiger partial charge in [-0.3, -0.25) is 4.98 Å². The first-order valence-corrected chi connectivity index (χ1v) is 6.12. The average molecular weight is 234 g/mol. The lowest BCUT2D eigenvalue weighted by atomic mass is 10.2. The summed E-state index contributed by atoms with van der Waals surface area (Å²) in [7, 11) is 1.73. The summed E-state index contributed by atoms with van der Waals surface area (Å²) < 4.78 is 5.02. The van der Waals surface area contributed by atoms with Gasteiger partial charge in [-0.2, -0.15) is 0 Å². The van der Waals surface area contributed by atoms with Crippen LogP contribution in [0.25, 0.3) is 11.3 Å². The molecule has 0 amide bonds. The van der Waals surface area contributed by atoms with Crippen molar-refractivity contribution < 1.29 is 4.74 Å². The maximum absolute atomic E-state index is 5.02. The molecule has 16 heavy (non-hydrogen) atoms. The second kappa shape index (κ2) is 5.72. The Labute approximate surface area is 99.1 Å². The lowest BCUT2D eigenvalue weighted by Crippen LogP contribution is -1.92. The van der Waals surface area contributed by atoms with Gasteiger partial charge >= 0.3 is 0 Å². The number of aromatic nitrogens is 2. The highest BCUT2D eigenvalue weighted by atomic mass is 32.1. The molecule has 3 nitrogen and oxygen atoms in total. The maximum Gasteiger partial charge on any atom is 0.0933 e. The van der Waals surface area contributed by atoms with Crippen LogP contribution in [-0.4, -0.2) is 23.7 Å². The third-order valence-corrected chi connectivity index (χ3v) is 3.16. The molecule has 0 aliphatic heterocycles. The summed E-state index contributed by atoms with van der Waals surface area (Å²) in [6, 6.07) is 3.96. The van der Waals surface area contributed by atoms with Crippen molar-refractivity contribution in [1.29, 1.82) is 0 Å².